The number of hydrogen-bond acceptors (Lipinski definition) is 7. The van der Waals surface area contributed by atoms with Gasteiger partial charge in [-0.15, -0.1) is 0 Å². The van der Waals surface area contributed by atoms with Crippen LogP contribution in [-0.4, -0.2) is 77.7 Å². The van der Waals surface area contributed by atoms with E-state index in [1.165, 1.54) is 19.2 Å². The van der Waals surface area contributed by atoms with Gasteiger partial charge in [-0.3, -0.25) is 9.16 Å². The van der Waals surface area contributed by atoms with E-state index < -0.39 is 38.7 Å². The number of hydrogen-bond donors (Lipinski definition) is 2. The lowest BCUT2D eigenvalue weighted by molar-refractivity contribution is -0.143. The summed E-state index contributed by atoms with van der Waals surface area (Å²) in [5.74, 6) is 0.206. The van der Waals surface area contributed by atoms with Gasteiger partial charge in [-0.25, -0.2) is 19.0 Å². The number of nitrogens with zero attached hydrogens (tertiary/aromatic N) is 2. The maximum absolute atomic E-state index is 15.2. The third-order valence-electron chi connectivity index (χ3n) is 6.15. The highest BCUT2D eigenvalue weighted by atomic mass is 32.3. The van der Waals surface area contributed by atoms with Crippen LogP contribution in [0.2, 0.25) is 0 Å². The molecule has 9 nitrogen and oxygen atoms in total. The van der Waals surface area contributed by atoms with Crippen LogP contribution in [0.4, 0.5) is 9.18 Å². The van der Waals surface area contributed by atoms with Crippen LogP contribution in [0.15, 0.2) is 36.5 Å². The molecule has 41 heavy (non-hydrogen) atoms. The van der Waals surface area contributed by atoms with Gasteiger partial charge in [0.15, 0.2) is 11.6 Å². The zero-order valence-corrected chi connectivity index (χ0v) is 26.4. The molecule has 1 aromatic carbocycles. The second-order valence-corrected chi connectivity index (χ2v) is 21.6. The molecule has 11 heteroatoms. The quantitative estimate of drug-likeness (QED) is 0.173. The average Bonchev–Trinajstić information content (AvgIpc) is 3.16. The topological polar surface area (TPSA) is 101 Å². The van der Waals surface area contributed by atoms with Crippen molar-refractivity contribution in [3.63, 3.8) is 0 Å². The molecule has 3 rings (SSSR count). The number of nitrogens with one attached hydrogen (secondary N) is 1. The molecule has 1 N–H and O–H groups in total. The molecule has 1 atom stereocenters. The van der Waals surface area contributed by atoms with E-state index in [1.54, 1.807) is 39.1 Å². The molecule has 0 fully saturated rings. The normalized spacial score (nSPS) is 13.8. The molecule has 1 amide bonds. The van der Waals surface area contributed by atoms with Gasteiger partial charge in [-0.05, 0) is 88.3 Å². The molecule has 0 aliphatic rings. The Morgan fingerprint density at radius 2 is 1.80 bits per heavy atom. The van der Waals surface area contributed by atoms with E-state index in [0.717, 1.165) is 16.8 Å². The molecule has 1 unspecified atom stereocenters. The second-order valence-electron chi connectivity index (χ2n) is 13.3. The number of aromatic nitrogens is 2. The summed E-state index contributed by atoms with van der Waals surface area (Å²) in [6.45, 7) is 8.12. The Balaban J connectivity index is 1.75. The van der Waals surface area contributed by atoms with E-state index in [-0.39, 0.29) is 12.2 Å². The smallest absolute Gasteiger partial charge is 0.408 e. The van der Waals surface area contributed by atoms with Crippen molar-refractivity contribution in [3.8, 4) is 11.5 Å². The Labute approximate surface area is 242 Å². The molecule has 3 aromatic rings. The van der Waals surface area contributed by atoms with Crippen molar-refractivity contribution in [1.29, 1.82) is 0 Å². The molecule has 0 saturated carbocycles. The van der Waals surface area contributed by atoms with E-state index in [4.69, 9.17) is 18.9 Å². The summed E-state index contributed by atoms with van der Waals surface area (Å²) < 4.78 is 39.2. The summed E-state index contributed by atoms with van der Waals surface area (Å²) >= 11 is 0. The van der Waals surface area contributed by atoms with Gasteiger partial charge in [0, 0.05) is 18.3 Å². The molecule has 0 bridgehead atoms. The maximum Gasteiger partial charge on any atom is 0.408 e. The molecule has 0 aliphatic heterocycles. The first-order valence-electron chi connectivity index (χ1n) is 13.5. The highest BCUT2D eigenvalue weighted by Crippen LogP contribution is 2.54. The van der Waals surface area contributed by atoms with Crippen molar-refractivity contribution in [1.82, 2.24) is 14.9 Å². The predicted octanol–water partition coefficient (Wildman–Crippen LogP) is 5.45. The summed E-state index contributed by atoms with van der Waals surface area (Å²) in [6.07, 6.45) is 10.1. The first-order chi connectivity index (χ1) is 18.9. The minimum Gasteiger partial charge on any atom is -0.467 e. The van der Waals surface area contributed by atoms with Crippen molar-refractivity contribution in [2.24, 2.45) is 0 Å². The fraction of sp³-hybridized carbons (Fsp3) is 0.500. The van der Waals surface area contributed by atoms with Gasteiger partial charge in [0.2, 0.25) is 0 Å². The molecule has 2 aromatic heterocycles. The van der Waals surface area contributed by atoms with Crippen LogP contribution in [0.3, 0.4) is 0 Å². The van der Waals surface area contributed by atoms with E-state index in [1.807, 2.05) is 17.6 Å². The van der Waals surface area contributed by atoms with E-state index in [2.05, 4.69) is 35.3 Å². The minimum absolute atomic E-state index is 0.000617. The summed E-state index contributed by atoms with van der Waals surface area (Å²) in [6, 6.07) is 6.96. The van der Waals surface area contributed by atoms with Gasteiger partial charge < -0.3 is 28.8 Å². The van der Waals surface area contributed by atoms with Crippen LogP contribution < -0.4 is 10.1 Å². The Morgan fingerprint density at radius 1 is 1.10 bits per heavy atom. The number of thiol groups is 1. The first kappa shape index (κ1) is 32.2. The van der Waals surface area contributed by atoms with Crippen molar-refractivity contribution < 1.29 is 32.9 Å². The standard InChI is InChI=1S/C30H44FN3O6S/c1-20-16-22-25(12-13-32-27(22)34(20)19-38-14-15-41(6,7,8)9)39-26-11-10-21(17-23(26)31)18-24(28(35)37-5)33-29(36)40-30(2,3)4/h10-13,16-17,24,41H,14-15,18-19H2,1-9H3,(H,33,36). The molecule has 0 spiro atoms. The van der Waals surface area contributed by atoms with Gasteiger partial charge in [0.1, 0.15) is 29.8 Å². The average molecular weight is 594 g/mol. The lowest BCUT2D eigenvalue weighted by Gasteiger charge is -2.46. The monoisotopic (exact) mass is 593 g/mol. The van der Waals surface area contributed by atoms with Gasteiger partial charge >= 0.3 is 12.1 Å². The molecule has 0 saturated heterocycles. The van der Waals surface area contributed by atoms with Gasteiger partial charge in [0.05, 0.1) is 19.1 Å². The largest absolute Gasteiger partial charge is 0.467 e. The lowest BCUT2D eigenvalue weighted by Crippen LogP contribution is -2.45. The number of benzene rings is 1. The summed E-state index contributed by atoms with van der Waals surface area (Å²) in [5, 5.41) is 3.23. The number of carbonyl (C=O) groups excluding carboxylic acids is 2. The Hall–Kier alpha value is -3.31. The first-order valence-corrected chi connectivity index (χ1v) is 17.7. The molecule has 0 radical (unpaired) electrons. The maximum atomic E-state index is 15.2. The number of pyridine rings is 1. The fourth-order valence-corrected chi connectivity index (χ4v) is 4.84. The number of amides is 1. The molecular weight excluding hydrogens is 549 g/mol. The predicted molar refractivity (Wildman–Crippen MR) is 163 cm³/mol. The zero-order chi connectivity index (χ0) is 30.6. The number of aryl methyl sites for hydroxylation is 1. The fourth-order valence-electron chi connectivity index (χ4n) is 3.98. The van der Waals surface area contributed by atoms with Crippen molar-refractivity contribution >= 4 is 32.3 Å². The molecular formula is C30H44FN3O6S. The van der Waals surface area contributed by atoms with Crippen LogP contribution in [-0.2, 0) is 32.2 Å². The summed E-state index contributed by atoms with van der Waals surface area (Å²) in [7, 11) is -0.440. The highest BCUT2D eigenvalue weighted by molar-refractivity contribution is 8.47. The van der Waals surface area contributed by atoms with Crippen molar-refractivity contribution in [2.45, 2.75) is 52.5 Å². The lowest BCUT2D eigenvalue weighted by atomic mass is 10.1. The van der Waals surface area contributed by atoms with Crippen LogP contribution in [0.25, 0.3) is 11.0 Å². The minimum atomic E-state index is -1.66. The summed E-state index contributed by atoms with van der Waals surface area (Å²) in [4.78, 5) is 29.0. The number of rotatable bonds is 11. The van der Waals surface area contributed by atoms with Crippen LogP contribution in [0.5, 0.6) is 11.5 Å². The Morgan fingerprint density at radius 3 is 2.41 bits per heavy atom. The Kier molecular flexibility index (Phi) is 9.65. The van der Waals surface area contributed by atoms with Crippen LogP contribution in [0, 0.1) is 12.7 Å². The summed E-state index contributed by atoms with van der Waals surface area (Å²) in [5.41, 5.74) is 1.36. The number of alkyl carbamates (subject to hydrolysis) is 1. The van der Waals surface area contributed by atoms with E-state index in [0.29, 0.717) is 30.3 Å². The van der Waals surface area contributed by atoms with Gasteiger partial charge in [-0.2, -0.15) is 0 Å². The number of ether oxygens (including phenoxy) is 4. The molecule has 0 aliphatic carbocycles. The van der Waals surface area contributed by atoms with Crippen LogP contribution in [0.1, 0.15) is 32.0 Å². The second kappa shape index (κ2) is 12.3. The number of halogens is 1. The SMILES string of the molecule is COC(=O)C(Cc1ccc(Oc2ccnc3c2cc(C)n3COCC[SH](C)(C)(C)C)c(F)c1)NC(=O)OC(C)(C)C. The number of fused-ring (bicyclic) bond motifs is 1. The third kappa shape index (κ3) is 9.64. The highest BCUT2D eigenvalue weighted by Gasteiger charge is 2.26. The van der Waals surface area contributed by atoms with Crippen molar-refractivity contribution in [2.75, 3.05) is 44.5 Å². The van der Waals surface area contributed by atoms with E-state index in [9.17, 15) is 9.59 Å². The van der Waals surface area contributed by atoms with E-state index >= 15 is 4.39 Å². The number of methoxy groups -OCH3 is 1. The van der Waals surface area contributed by atoms with Gasteiger partial charge in [-0.1, -0.05) is 6.07 Å². The van der Waals surface area contributed by atoms with Gasteiger partial charge in [0.25, 0.3) is 0 Å². The Bertz CT molecular complexity index is 1400. The third-order valence-corrected chi connectivity index (χ3v) is 8.12. The zero-order valence-electron chi connectivity index (χ0n) is 25.5. The van der Waals surface area contributed by atoms with Crippen LogP contribution >= 0.6 is 9.16 Å². The number of esters is 1. The molecule has 2 heterocycles. The molecule has 228 valence electrons. The number of carbonyl (C=O) groups is 2. The van der Waals surface area contributed by atoms with Crippen molar-refractivity contribution in [3.05, 3.63) is 53.6 Å².